The summed E-state index contributed by atoms with van der Waals surface area (Å²) in [5, 5.41) is 13.5. The molecule has 90 valence electrons. The number of rotatable bonds is 4. The SMILES string of the molecule is CCOc1ccccc1-n1cc(CO)c(C)n1. The molecule has 0 amide bonds. The smallest absolute Gasteiger partial charge is 0.144 e. The van der Waals surface area contributed by atoms with E-state index in [2.05, 4.69) is 5.10 Å². The van der Waals surface area contributed by atoms with E-state index in [0.717, 1.165) is 22.7 Å². The van der Waals surface area contributed by atoms with Crippen LogP contribution in [-0.4, -0.2) is 21.5 Å². The van der Waals surface area contributed by atoms with E-state index < -0.39 is 0 Å². The van der Waals surface area contributed by atoms with E-state index >= 15 is 0 Å². The van der Waals surface area contributed by atoms with Crippen molar-refractivity contribution in [3.8, 4) is 11.4 Å². The van der Waals surface area contributed by atoms with Crippen molar-refractivity contribution in [3.05, 3.63) is 41.7 Å². The summed E-state index contributed by atoms with van der Waals surface area (Å²) in [6, 6.07) is 7.72. The summed E-state index contributed by atoms with van der Waals surface area (Å²) in [6.07, 6.45) is 1.83. The topological polar surface area (TPSA) is 47.3 Å². The zero-order chi connectivity index (χ0) is 12.3. The number of aliphatic hydroxyl groups excluding tert-OH is 1. The van der Waals surface area contributed by atoms with Crippen LogP contribution in [0.2, 0.25) is 0 Å². The van der Waals surface area contributed by atoms with Gasteiger partial charge in [0.1, 0.15) is 11.4 Å². The van der Waals surface area contributed by atoms with Crippen molar-refractivity contribution in [2.45, 2.75) is 20.5 Å². The van der Waals surface area contributed by atoms with E-state index in [1.807, 2.05) is 44.3 Å². The van der Waals surface area contributed by atoms with Gasteiger partial charge in [0.05, 0.1) is 18.9 Å². The lowest BCUT2D eigenvalue weighted by atomic mass is 10.3. The first-order valence-corrected chi connectivity index (χ1v) is 5.64. The molecule has 0 spiro atoms. The first kappa shape index (κ1) is 11.7. The Labute approximate surface area is 100 Å². The average molecular weight is 232 g/mol. The zero-order valence-electron chi connectivity index (χ0n) is 10.1. The van der Waals surface area contributed by atoms with Crippen LogP contribution < -0.4 is 4.74 Å². The minimum atomic E-state index is 0.00261. The number of para-hydroxylation sites is 2. The molecule has 0 aliphatic heterocycles. The first-order valence-electron chi connectivity index (χ1n) is 5.64. The highest BCUT2D eigenvalue weighted by Crippen LogP contribution is 2.23. The third kappa shape index (κ3) is 2.31. The third-order valence-corrected chi connectivity index (χ3v) is 2.58. The molecule has 0 radical (unpaired) electrons. The number of ether oxygens (including phenoxy) is 1. The molecule has 4 nitrogen and oxygen atoms in total. The van der Waals surface area contributed by atoms with Crippen LogP contribution >= 0.6 is 0 Å². The Morgan fingerprint density at radius 2 is 2.12 bits per heavy atom. The van der Waals surface area contributed by atoms with Crippen molar-refractivity contribution in [2.24, 2.45) is 0 Å². The summed E-state index contributed by atoms with van der Waals surface area (Å²) < 4.78 is 7.29. The Morgan fingerprint density at radius 3 is 2.76 bits per heavy atom. The van der Waals surface area contributed by atoms with Gasteiger partial charge in [-0.3, -0.25) is 0 Å². The molecule has 0 bridgehead atoms. The van der Waals surface area contributed by atoms with Gasteiger partial charge >= 0.3 is 0 Å². The van der Waals surface area contributed by atoms with Crippen molar-refractivity contribution in [3.63, 3.8) is 0 Å². The van der Waals surface area contributed by atoms with E-state index in [1.54, 1.807) is 4.68 Å². The van der Waals surface area contributed by atoms with Crippen molar-refractivity contribution in [1.29, 1.82) is 0 Å². The maximum absolute atomic E-state index is 9.17. The van der Waals surface area contributed by atoms with Gasteiger partial charge in [0.15, 0.2) is 0 Å². The molecule has 2 aromatic rings. The third-order valence-electron chi connectivity index (χ3n) is 2.58. The predicted octanol–water partition coefficient (Wildman–Crippen LogP) is 2.07. The summed E-state index contributed by atoms with van der Waals surface area (Å²) in [5.41, 5.74) is 2.55. The molecule has 1 aromatic carbocycles. The maximum Gasteiger partial charge on any atom is 0.144 e. The van der Waals surface area contributed by atoms with Crippen LogP contribution in [0, 0.1) is 6.92 Å². The number of aromatic nitrogens is 2. The minimum Gasteiger partial charge on any atom is -0.492 e. The van der Waals surface area contributed by atoms with Gasteiger partial charge in [0.25, 0.3) is 0 Å². The number of hydrogen-bond acceptors (Lipinski definition) is 3. The van der Waals surface area contributed by atoms with Gasteiger partial charge in [-0.05, 0) is 26.0 Å². The van der Waals surface area contributed by atoms with Gasteiger partial charge in [-0.25, -0.2) is 4.68 Å². The first-order chi connectivity index (χ1) is 8.26. The number of aliphatic hydroxyl groups is 1. The highest BCUT2D eigenvalue weighted by atomic mass is 16.5. The molecule has 0 saturated carbocycles. The number of nitrogens with zero attached hydrogens (tertiary/aromatic N) is 2. The Balaban J connectivity index is 2.44. The molecule has 0 fully saturated rings. The summed E-state index contributed by atoms with van der Waals surface area (Å²) >= 11 is 0. The van der Waals surface area contributed by atoms with E-state index in [0.29, 0.717) is 6.61 Å². The standard InChI is InChI=1S/C13H16N2O2/c1-3-17-13-7-5-4-6-12(13)15-8-11(9-16)10(2)14-15/h4-8,16H,3,9H2,1-2H3. The molecule has 0 aliphatic rings. The minimum absolute atomic E-state index is 0.00261. The monoisotopic (exact) mass is 232 g/mol. The fourth-order valence-corrected chi connectivity index (χ4v) is 1.70. The van der Waals surface area contributed by atoms with Crippen molar-refractivity contribution in [2.75, 3.05) is 6.61 Å². The van der Waals surface area contributed by atoms with Crippen LogP contribution in [-0.2, 0) is 6.61 Å². The van der Waals surface area contributed by atoms with E-state index in [9.17, 15) is 0 Å². The van der Waals surface area contributed by atoms with Crippen LogP contribution in [0.25, 0.3) is 5.69 Å². The van der Waals surface area contributed by atoms with E-state index in [1.165, 1.54) is 0 Å². The van der Waals surface area contributed by atoms with Gasteiger partial charge in [-0.2, -0.15) is 5.10 Å². The fourth-order valence-electron chi connectivity index (χ4n) is 1.70. The normalized spacial score (nSPS) is 10.5. The Hall–Kier alpha value is -1.81. The molecule has 0 atom stereocenters. The van der Waals surface area contributed by atoms with Crippen LogP contribution in [0.3, 0.4) is 0 Å². The molecule has 0 saturated heterocycles. The van der Waals surface area contributed by atoms with Crippen LogP contribution in [0.5, 0.6) is 5.75 Å². The Morgan fingerprint density at radius 1 is 1.35 bits per heavy atom. The second-order valence-electron chi connectivity index (χ2n) is 3.74. The maximum atomic E-state index is 9.17. The molecule has 1 heterocycles. The summed E-state index contributed by atoms with van der Waals surface area (Å²) in [6.45, 7) is 4.45. The van der Waals surface area contributed by atoms with Gasteiger partial charge in [0, 0.05) is 11.8 Å². The number of aryl methyl sites for hydroxylation is 1. The largest absolute Gasteiger partial charge is 0.492 e. The lowest BCUT2D eigenvalue weighted by Crippen LogP contribution is -2.00. The Bertz CT molecular complexity index is 506. The van der Waals surface area contributed by atoms with Crippen molar-refractivity contribution < 1.29 is 9.84 Å². The van der Waals surface area contributed by atoms with Crippen LogP contribution in [0.4, 0.5) is 0 Å². The molecule has 0 unspecified atom stereocenters. The molecular weight excluding hydrogens is 216 g/mol. The summed E-state index contributed by atoms with van der Waals surface area (Å²) in [4.78, 5) is 0. The highest BCUT2D eigenvalue weighted by Gasteiger charge is 2.09. The summed E-state index contributed by atoms with van der Waals surface area (Å²) in [5.74, 6) is 0.794. The summed E-state index contributed by atoms with van der Waals surface area (Å²) in [7, 11) is 0. The average Bonchev–Trinajstić information content (AvgIpc) is 2.71. The lowest BCUT2D eigenvalue weighted by molar-refractivity contribution is 0.281. The quantitative estimate of drug-likeness (QED) is 0.877. The second kappa shape index (κ2) is 5.01. The molecule has 4 heteroatoms. The molecular formula is C13H16N2O2. The number of benzene rings is 1. The van der Waals surface area contributed by atoms with Gasteiger partial charge in [-0.15, -0.1) is 0 Å². The lowest BCUT2D eigenvalue weighted by Gasteiger charge is -2.09. The predicted molar refractivity (Wildman–Crippen MR) is 65.4 cm³/mol. The van der Waals surface area contributed by atoms with Crippen LogP contribution in [0.1, 0.15) is 18.2 Å². The molecule has 0 aliphatic carbocycles. The highest BCUT2D eigenvalue weighted by molar-refractivity contribution is 5.46. The van der Waals surface area contributed by atoms with E-state index in [-0.39, 0.29) is 6.61 Å². The number of hydrogen-bond donors (Lipinski definition) is 1. The second-order valence-corrected chi connectivity index (χ2v) is 3.74. The molecule has 1 aromatic heterocycles. The molecule has 1 N–H and O–H groups in total. The van der Waals surface area contributed by atoms with Crippen molar-refractivity contribution >= 4 is 0 Å². The van der Waals surface area contributed by atoms with E-state index in [4.69, 9.17) is 9.84 Å². The Kier molecular flexibility index (Phi) is 3.44. The van der Waals surface area contributed by atoms with Crippen molar-refractivity contribution in [1.82, 2.24) is 9.78 Å². The molecule has 2 rings (SSSR count). The van der Waals surface area contributed by atoms with Gasteiger partial charge in [-0.1, -0.05) is 12.1 Å². The van der Waals surface area contributed by atoms with Gasteiger partial charge < -0.3 is 9.84 Å². The van der Waals surface area contributed by atoms with Crippen LogP contribution in [0.15, 0.2) is 30.5 Å². The fraction of sp³-hybridized carbons (Fsp3) is 0.308. The molecule has 17 heavy (non-hydrogen) atoms. The van der Waals surface area contributed by atoms with Gasteiger partial charge in [0.2, 0.25) is 0 Å². The zero-order valence-corrected chi connectivity index (χ0v) is 10.1.